The number of hydrazine groups is 2. The van der Waals surface area contributed by atoms with Crippen LogP contribution in [0.1, 0.15) is 5.56 Å². The molecule has 0 bridgehead atoms. The first kappa shape index (κ1) is 25.1. The largest absolute Gasteiger partial charge is 0.573 e. The van der Waals surface area contributed by atoms with Gasteiger partial charge in [0.15, 0.2) is 0 Å². The Labute approximate surface area is 173 Å². The molecule has 0 aromatic heterocycles. The molecule has 1 atom stereocenters. The van der Waals surface area contributed by atoms with Gasteiger partial charge in [-0.2, -0.15) is 13.2 Å². The van der Waals surface area contributed by atoms with E-state index in [1.165, 1.54) is 0 Å². The third-order valence-corrected chi connectivity index (χ3v) is 3.37. The number of carbonyl (C=O) groups is 2. The molecule has 4 N–H and O–H groups in total. The SMILES string of the molecule is O=C(O)CNN(O)NOCOC(=O)C1=Cc2cc(OC(F)(F)F)ccc2O[C@@H]1C(F)(F)F. The molecular formula is C15H13F6N3O8. The minimum Gasteiger partial charge on any atom is -0.480 e. The molecule has 2 rings (SSSR count). The van der Waals surface area contributed by atoms with Gasteiger partial charge in [-0.15, -0.1) is 13.2 Å². The predicted octanol–water partition coefficient (Wildman–Crippen LogP) is 1.51. The number of hydrogen-bond acceptors (Lipinski definition) is 10. The first-order valence-electron chi connectivity index (χ1n) is 8.10. The number of aliphatic carboxylic acids is 1. The van der Waals surface area contributed by atoms with Gasteiger partial charge in [-0.1, -0.05) is 5.59 Å². The van der Waals surface area contributed by atoms with E-state index in [0.717, 1.165) is 12.1 Å². The number of esters is 1. The molecule has 1 aromatic carbocycles. The second kappa shape index (κ2) is 10.0. The number of nitrogens with zero attached hydrogens (tertiary/aromatic N) is 1. The Hall–Kier alpha value is -3.12. The van der Waals surface area contributed by atoms with Gasteiger partial charge >= 0.3 is 24.5 Å². The summed E-state index contributed by atoms with van der Waals surface area (Å²) in [6.45, 7) is -1.82. The van der Waals surface area contributed by atoms with Gasteiger partial charge in [0.05, 0.1) is 5.57 Å². The van der Waals surface area contributed by atoms with Gasteiger partial charge in [-0.25, -0.2) is 15.1 Å². The molecule has 0 saturated carbocycles. The van der Waals surface area contributed by atoms with Gasteiger partial charge in [-0.05, 0) is 29.6 Å². The predicted molar refractivity (Wildman–Crippen MR) is 86.0 cm³/mol. The highest BCUT2D eigenvalue weighted by Crippen LogP contribution is 2.39. The number of nitrogens with one attached hydrogen (secondary N) is 2. The van der Waals surface area contributed by atoms with Crippen LogP contribution in [0.2, 0.25) is 0 Å². The molecule has 1 aromatic rings. The second-order valence-corrected chi connectivity index (χ2v) is 5.71. The van der Waals surface area contributed by atoms with Gasteiger partial charge < -0.3 is 19.3 Å². The molecule has 1 aliphatic heterocycles. The molecule has 32 heavy (non-hydrogen) atoms. The number of fused-ring (bicyclic) bond motifs is 1. The summed E-state index contributed by atoms with van der Waals surface area (Å²) in [5.74, 6) is -4.19. The van der Waals surface area contributed by atoms with Crippen molar-refractivity contribution in [2.45, 2.75) is 18.6 Å². The lowest BCUT2D eigenvalue weighted by Gasteiger charge is -2.28. The van der Waals surface area contributed by atoms with Crippen LogP contribution in [0.3, 0.4) is 0 Å². The van der Waals surface area contributed by atoms with Crippen molar-refractivity contribution in [3.05, 3.63) is 29.3 Å². The quantitative estimate of drug-likeness (QED) is 0.135. The van der Waals surface area contributed by atoms with Gasteiger partial charge in [0.1, 0.15) is 18.0 Å². The van der Waals surface area contributed by atoms with Crippen molar-refractivity contribution in [2.75, 3.05) is 13.3 Å². The third kappa shape index (κ3) is 7.54. The van der Waals surface area contributed by atoms with Crippen LogP contribution in [0.5, 0.6) is 11.5 Å². The van der Waals surface area contributed by atoms with E-state index in [0.29, 0.717) is 12.1 Å². The van der Waals surface area contributed by atoms with E-state index in [1.54, 1.807) is 5.59 Å². The number of ether oxygens (including phenoxy) is 3. The van der Waals surface area contributed by atoms with Crippen molar-refractivity contribution in [2.24, 2.45) is 0 Å². The molecule has 11 nitrogen and oxygen atoms in total. The number of halogens is 6. The van der Waals surface area contributed by atoms with Crippen LogP contribution in [0.15, 0.2) is 23.8 Å². The molecule has 17 heteroatoms. The number of rotatable bonds is 9. The summed E-state index contributed by atoms with van der Waals surface area (Å²) in [6, 6.07) is 2.24. The standard InChI is InChI=1S/C15H13F6N3O8/c16-14(17,18)12-9(13(27)29-6-30-23-24(28)22-5-11(25)26)4-7-3-8(32-15(19,20)21)1-2-10(7)31-12/h1-4,12,22-23,28H,5-6H2,(H,25,26)/t12-/m0/s1. The molecule has 0 unspecified atom stereocenters. The number of hydrogen-bond donors (Lipinski definition) is 4. The molecular weight excluding hydrogens is 464 g/mol. The van der Waals surface area contributed by atoms with Crippen LogP contribution in [0.25, 0.3) is 6.08 Å². The van der Waals surface area contributed by atoms with Crippen LogP contribution in [0, 0.1) is 0 Å². The lowest BCUT2D eigenvalue weighted by molar-refractivity contribution is -0.286. The molecule has 0 spiro atoms. The normalized spacial score (nSPS) is 16.1. The molecule has 1 aliphatic rings. The Bertz CT molecular complexity index is 876. The van der Waals surface area contributed by atoms with Crippen LogP contribution in [0.4, 0.5) is 26.3 Å². The highest BCUT2D eigenvalue weighted by molar-refractivity contribution is 5.96. The Kier molecular flexibility index (Phi) is 7.86. The maximum Gasteiger partial charge on any atom is 0.573 e. The van der Waals surface area contributed by atoms with E-state index in [1.807, 2.05) is 5.43 Å². The van der Waals surface area contributed by atoms with Gasteiger partial charge in [-0.3, -0.25) is 10.0 Å². The number of alkyl halides is 6. The van der Waals surface area contributed by atoms with Crippen molar-refractivity contribution in [1.29, 1.82) is 0 Å². The van der Waals surface area contributed by atoms with Crippen molar-refractivity contribution < 1.29 is 65.3 Å². The lowest BCUT2D eigenvalue weighted by atomic mass is 10.0. The minimum atomic E-state index is -5.09. The molecule has 0 radical (unpaired) electrons. The van der Waals surface area contributed by atoms with Gasteiger partial charge in [0.2, 0.25) is 12.9 Å². The number of benzene rings is 1. The Morgan fingerprint density at radius 2 is 1.88 bits per heavy atom. The average Bonchev–Trinajstić information content (AvgIpc) is 2.66. The first-order chi connectivity index (χ1) is 14.8. The fourth-order valence-corrected chi connectivity index (χ4v) is 2.22. The summed E-state index contributed by atoms with van der Waals surface area (Å²) in [6.07, 6.45) is -12.3. The summed E-state index contributed by atoms with van der Waals surface area (Å²) < 4.78 is 89.8. The first-order valence-corrected chi connectivity index (χ1v) is 8.10. The third-order valence-electron chi connectivity index (χ3n) is 3.37. The fraction of sp³-hybridized carbons (Fsp3) is 0.333. The van der Waals surface area contributed by atoms with E-state index < -0.39 is 61.0 Å². The molecule has 0 aliphatic carbocycles. The highest BCUT2D eigenvalue weighted by atomic mass is 19.4. The van der Waals surface area contributed by atoms with E-state index in [4.69, 9.17) is 15.1 Å². The molecule has 0 amide bonds. The van der Waals surface area contributed by atoms with E-state index >= 15 is 0 Å². The maximum atomic E-state index is 13.3. The van der Waals surface area contributed by atoms with Crippen molar-refractivity contribution >= 4 is 18.0 Å². The highest BCUT2D eigenvalue weighted by Gasteiger charge is 2.49. The topological polar surface area (TPSA) is 139 Å². The zero-order valence-electron chi connectivity index (χ0n) is 15.4. The van der Waals surface area contributed by atoms with E-state index in [9.17, 15) is 35.9 Å². The van der Waals surface area contributed by atoms with Crippen molar-refractivity contribution in [1.82, 2.24) is 16.3 Å². The van der Waals surface area contributed by atoms with Crippen molar-refractivity contribution in [3.8, 4) is 11.5 Å². The minimum absolute atomic E-state index is 0.0815. The zero-order valence-corrected chi connectivity index (χ0v) is 15.4. The molecule has 0 saturated heterocycles. The monoisotopic (exact) mass is 477 g/mol. The summed E-state index contributed by atoms with van der Waals surface area (Å²) in [5.41, 5.74) is 2.03. The number of carbonyl (C=O) groups excluding carboxylic acids is 1. The summed E-state index contributed by atoms with van der Waals surface area (Å²) in [7, 11) is 0. The van der Waals surface area contributed by atoms with Crippen LogP contribution >= 0.6 is 0 Å². The maximum absolute atomic E-state index is 13.3. The molecule has 0 fully saturated rings. The van der Waals surface area contributed by atoms with E-state index in [-0.39, 0.29) is 10.8 Å². The zero-order chi connectivity index (χ0) is 24.1. The Balaban J connectivity index is 2.10. The van der Waals surface area contributed by atoms with E-state index in [2.05, 4.69) is 14.3 Å². The molecule has 178 valence electrons. The molecule has 1 heterocycles. The van der Waals surface area contributed by atoms with Gasteiger partial charge in [0.25, 0.3) is 0 Å². The average molecular weight is 477 g/mol. The van der Waals surface area contributed by atoms with Crippen molar-refractivity contribution in [3.63, 3.8) is 0 Å². The van der Waals surface area contributed by atoms with Crippen LogP contribution < -0.4 is 20.5 Å². The summed E-state index contributed by atoms with van der Waals surface area (Å²) in [5, 5.41) is 17.4. The summed E-state index contributed by atoms with van der Waals surface area (Å²) >= 11 is 0. The number of carboxylic acids is 1. The van der Waals surface area contributed by atoms with Crippen LogP contribution in [-0.2, 0) is 19.2 Å². The smallest absolute Gasteiger partial charge is 0.480 e. The Morgan fingerprint density at radius 1 is 1.19 bits per heavy atom. The van der Waals surface area contributed by atoms with Crippen LogP contribution in [-0.4, -0.2) is 59.5 Å². The number of carboxylic acid groups (broad SMARTS) is 1. The lowest BCUT2D eigenvalue weighted by Crippen LogP contribution is -2.47. The Morgan fingerprint density at radius 3 is 2.47 bits per heavy atom. The second-order valence-electron chi connectivity index (χ2n) is 5.71. The fourth-order valence-electron chi connectivity index (χ4n) is 2.22. The summed E-state index contributed by atoms with van der Waals surface area (Å²) in [4.78, 5) is 26.7. The van der Waals surface area contributed by atoms with Gasteiger partial charge in [0, 0.05) is 5.56 Å².